The summed E-state index contributed by atoms with van der Waals surface area (Å²) in [6.07, 6.45) is -1.33. The molecule has 84 valence electrons. The van der Waals surface area contributed by atoms with Gasteiger partial charge in [-0.25, -0.2) is 4.79 Å². The highest BCUT2D eigenvalue weighted by molar-refractivity contribution is 5.72. The predicted molar refractivity (Wildman–Crippen MR) is 48.0 cm³/mol. The summed E-state index contributed by atoms with van der Waals surface area (Å²) in [7, 11) is 0. The molecule has 0 spiro atoms. The van der Waals surface area contributed by atoms with Gasteiger partial charge in [-0.3, -0.25) is 9.59 Å². The van der Waals surface area contributed by atoms with Gasteiger partial charge in [-0.05, 0) is 20.8 Å². The minimum absolute atomic E-state index is 0.250. The number of carbonyl (C=O) groups is 3. The summed E-state index contributed by atoms with van der Waals surface area (Å²) in [4.78, 5) is 27.2. The Hall–Kier alpha value is -1.79. The molecule has 0 aromatic carbocycles. The lowest BCUT2D eigenvalue weighted by atomic mass is 9.98. The van der Waals surface area contributed by atoms with Crippen molar-refractivity contribution in [1.29, 1.82) is 0 Å². The lowest BCUT2D eigenvalue weighted by Crippen LogP contribution is -2.18. The molecule has 0 aromatic heterocycles. The maximum absolute atomic E-state index is 10.0. The molecule has 0 unspecified atom stereocenters. The Morgan fingerprint density at radius 1 is 1.21 bits per heavy atom. The van der Waals surface area contributed by atoms with Crippen LogP contribution < -0.4 is 5.73 Å². The third kappa shape index (κ3) is 48.9. The van der Waals surface area contributed by atoms with Crippen LogP contribution in [0.3, 0.4) is 0 Å². The Balaban J connectivity index is -0.000000147. The molecule has 0 heterocycles. The van der Waals surface area contributed by atoms with Crippen LogP contribution in [0, 0.1) is 5.41 Å². The first-order chi connectivity index (χ1) is 6.09. The van der Waals surface area contributed by atoms with Crippen LogP contribution in [0.15, 0.2) is 0 Å². The molecule has 0 fully saturated rings. The topological polar surface area (TPSA) is 138 Å². The minimum Gasteiger partial charge on any atom is -0.483 e. The first kappa shape index (κ1) is 18.1. The highest BCUT2D eigenvalue weighted by Crippen LogP contribution is 2.11. The maximum atomic E-state index is 10.0. The molecule has 0 aliphatic carbocycles. The fraction of sp³-hybridized carbons (Fsp3) is 0.571. The van der Waals surface area contributed by atoms with Crippen molar-refractivity contribution >= 4 is 18.5 Å². The summed E-state index contributed by atoms with van der Waals surface area (Å²) in [5, 5.41) is 22.3. The van der Waals surface area contributed by atoms with Crippen LogP contribution in [-0.2, 0) is 9.59 Å². The highest BCUT2D eigenvalue weighted by Gasteiger charge is 2.18. The zero-order valence-corrected chi connectivity index (χ0v) is 8.22. The summed E-state index contributed by atoms with van der Waals surface area (Å²) >= 11 is 0. The van der Waals surface area contributed by atoms with Crippen LogP contribution in [-0.4, -0.2) is 33.9 Å². The monoisotopic (exact) mass is 209 g/mol. The van der Waals surface area contributed by atoms with Crippen LogP contribution in [0.1, 0.15) is 20.8 Å². The van der Waals surface area contributed by atoms with Crippen LogP contribution in [0.25, 0.3) is 0 Å². The van der Waals surface area contributed by atoms with E-state index in [2.05, 4.69) is 5.73 Å². The fourth-order valence-electron chi connectivity index (χ4n) is 0. The van der Waals surface area contributed by atoms with Gasteiger partial charge in [0.25, 0.3) is 6.47 Å². The standard InChI is InChI=1S/C5H10O2.CH3NO2.CH2O2/c1-5(2,3)4(6)7;2-1(3)4;2-1-3/h1-3H3,(H,6,7);2H2,(H,3,4);1H,(H,2,3). The molecule has 0 saturated carbocycles. The SMILES string of the molecule is CC(C)(C)C(=O)O.NC(=O)O.O=CO. The second-order valence-electron chi connectivity index (χ2n) is 3.00. The lowest BCUT2D eigenvalue weighted by Gasteiger charge is -2.08. The number of hydrogen-bond donors (Lipinski definition) is 4. The van der Waals surface area contributed by atoms with E-state index in [1.54, 1.807) is 20.8 Å². The van der Waals surface area contributed by atoms with Crippen LogP contribution in [0.2, 0.25) is 0 Å². The van der Waals surface area contributed by atoms with Crippen molar-refractivity contribution in [1.82, 2.24) is 0 Å². The second kappa shape index (κ2) is 9.30. The zero-order valence-electron chi connectivity index (χ0n) is 8.22. The quantitative estimate of drug-likeness (QED) is 0.427. The van der Waals surface area contributed by atoms with Crippen molar-refractivity contribution < 1.29 is 29.7 Å². The van der Waals surface area contributed by atoms with Crippen molar-refractivity contribution in [3.63, 3.8) is 0 Å². The molecule has 5 N–H and O–H groups in total. The first-order valence-electron chi connectivity index (χ1n) is 3.39. The number of amides is 1. The smallest absolute Gasteiger partial charge is 0.402 e. The average Bonchev–Trinajstić information content (AvgIpc) is 1.84. The largest absolute Gasteiger partial charge is 0.483 e. The van der Waals surface area contributed by atoms with Gasteiger partial charge in [0, 0.05) is 0 Å². The third-order valence-corrected chi connectivity index (χ3v) is 0.642. The molecule has 0 radical (unpaired) electrons. The number of rotatable bonds is 0. The molecule has 0 rings (SSSR count). The van der Waals surface area contributed by atoms with E-state index < -0.39 is 17.5 Å². The van der Waals surface area contributed by atoms with E-state index in [-0.39, 0.29) is 6.47 Å². The molecule has 0 aliphatic heterocycles. The number of carboxylic acid groups (broad SMARTS) is 3. The molecule has 7 heteroatoms. The van der Waals surface area contributed by atoms with Gasteiger partial charge in [0.15, 0.2) is 0 Å². The third-order valence-electron chi connectivity index (χ3n) is 0.642. The van der Waals surface area contributed by atoms with Crippen LogP contribution >= 0.6 is 0 Å². The number of aliphatic carboxylic acids is 1. The van der Waals surface area contributed by atoms with Gasteiger partial charge in [0.1, 0.15) is 0 Å². The van der Waals surface area contributed by atoms with Crippen molar-refractivity contribution in [3.8, 4) is 0 Å². The summed E-state index contributed by atoms with van der Waals surface area (Å²) in [6, 6.07) is 0. The predicted octanol–water partition coefficient (Wildman–Crippen LogP) is 0.441. The van der Waals surface area contributed by atoms with Gasteiger partial charge >= 0.3 is 12.1 Å². The summed E-state index contributed by atoms with van der Waals surface area (Å²) < 4.78 is 0. The van der Waals surface area contributed by atoms with Crippen LogP contribution in [0.4, 0.5) is 4.79 Å². The molecule has 0 saturated heterocycles. The van der Waals surface area contributed by atoms with Gasteiger partial charge in [-0.15, -0.1) is 0 Å². The van der Waals surface area contributed by atoms with Crippen molar-refractivity contribution in [2.24, 2.45) is 11.1 Å². The molecule has 0 atom stereocenters. The van der Waals surface area contributed by atoms with Gasteiger partial charge < -0.3 is 21.1 Å². The van der Waals surface area contributed by atoms with E-state index in [1.165, 1.54) is 0 Å². The second-order valence-corrected chi connectivity index (χ2v) is 3.00. The van der Waals surface area contributed by atoms with Gasteiger partial charge in [0.2, 0.25) is 0 Å². The molecule has 0 aromatic rings. The van der Waals surface area contributed by atoms with E-state index in [9.17, 15) is 4.79 Å². The Morgan fingerprint density at radius 3 is 1.29 bits per heavy atom. The lowest BCUT2D eigenvalue weighted by molar-refractivity contribution is -0.145. The molecule has 0 aliphatic rings. The van der Waals surface area contributed by atoms with Crippen LogP contribution in [0.5, 0.6) is 0 Å². The molecule has 0 bridgehead atoms. The first-order valence-corrected chi connectivity index (χ1v) is 3.39. The Bertz CT molecular complexity index is 179. The number of nitrogens with two attached hydrogens (primary N) is 1. The molecular formula is C7H15NO6. The van der Waals surface area contributed by atoms with E-state index >= 15 is 0 Å². The fourth-order valence-corrected chi connectivity index (χ4v) is 0. The van der Waals surface area contributed by atoms with Gasteiger partial charge in [-0.1, -0.05) is 0 Å². The molecule has 7 nitrogen and oxygen atoms in total. The highest BCUT2D eigenvalue weighted by atomic mass is 16.4. The average molecular weight is 209 g/mol. The Labute approximate surface area is 81.1 Å². The van der Waals surface area contributed by atoms with E-state index in [1.807, 2.05) is 0 Å². The van der Waals surface area contributed by atoms with E-state index in [0.29, 0.717) is 0 Å². The molecular weight excluding hydrogens is 194 g/mol. The molecule has 14 heavy (non-hydrogen) atoms. The maximum Gasteiger partial charge on any atom is 0.402 e. The summed E-state index contributed by atoms with van der Waals surface area (Å²) in [5.41, 5.74) is 3.44. The molecule has 1 amide bonds. The van der Waals surface area contributed by atoms with Gasteiger partial charge in [0.05, 0.1) is 5.41 Å². The van der Waals surface area contributed by atoms with E-state index in [0.717, 1.165) is 0 Å². The van der Waals surface area contributed by atoms with Crippen molar-refractivity contribution in [2.75, 3.05) is 0 Å². The Morgan fingerprint density at radius 2 is 1.29 bits per heavy atom. The normalized spacial score (nSPS) is 8.21. The van der Waals surface area contributed by atoms with Gasteiger partial charge in [-0.2, -0.15) is 0 Å². The summed E-state index contributed by atoms with van der Waals surface area (Å²) in [6.45, 7) is 4.74. The number of carboxylic acids is 1. The zero-order chi connectivity index (χ0) is 12.4. The Kier molecular flexibility index (Phi) is 12.0. The number of primary amides is 1. The van der Waals surface area contributed by atoms with Crippen molar-refractivity contribution in [3.05, 3.63) is 0 Å². The minimum atomic E-state index is -1.33. The van der Waals surface area contributed by atoms with E-state index in [4.69, 9.17) is 24.9 Å². The van der Waals surface area contributed by atoms with Crippen molar-refractivity contribution in [2.45, 2.75) is 20.8 Å². The summed E-state index contributed by atoms with van der Waals surface area (Å²) in [5.74, 6) is -0.757. The number of hydrogen-bond acceptors (Lipinski definition) is 3.